The third-order valence-corrected chi connectivity index (χ3v) is 4.08. The number of hydrogen-bond acceptors (Lipinski definition) is 6. The number of thiazole rings is 1. The number of fused-ring (bicyclic) bond motifs is 1. The molecule has 0 amide bonds. The number of aromatic nitrogens is 3. The third-order valence-electron chi connectivity index (χ3n) is 2.35. The number of anilines is 1. The molecule has 0 radical (unpaired) electrons. The van der Waals surface area contributed by atoms with Crippen molar-refractivity contribution in [3.05, 3.63) is 33.9 Å². The summed E-state index contributed by atoms with van der Waals surface area (Å²) in [5, 5.41) is 8.49. The maximum absolute atomic E-state index is 4.41. The molecule has 0 unspecified atom stereocenters. The monoisotopic (exact) mass is 262 g/mol. The van der Waals surface area contributed by atoms with Crippen molar-refractivity contribution in [2.75, 3.05) is 5.32 Å². The van der Waals surface area contributed by atoms with Crippen LogP contribution >= 0.6 is 22.7 Å². The van der Waals surface area contributed by atoms with Crippen molar-refractivity contribution < 1.29 is 0 Å². The predicted octanol–water partition coefficient (Wildman–Crippen LogP) is 3.07. The lowest BCUT2D eigenvalue weighted by Gasteiger charge is -2.03. The van der Waals surface area contributed by atoms with Crippen molar-refractivity contribution in [3.63, 3.8) is 0 Å². The van der Waals surface area contributed by atoms with Crippen LogP contribution in [0.3, 0.4) is 0 Å². The standard InChI is InChI=1S/C11H10N4S2/c1-7-15-8(5-17-7)4-12-11-10-9(2-3-16-10)13-6-14-11/h2-3,5-6H,4H2,1H3,(H,12,13,14). The maximum Gasteiger partial charge on any atom is 0.147 e. The second kappa shape index (κ2) is 4.38. The van der Waals surface area contributed by atoms with E-state index < -0.39 is 0 Å². The Morgan fingerprint density at radius 1 is 1.29 bits per heavy atom. The smallest absolute Gasteiger partial charge is 0.147 e. The van der Waals surface area contributed by atoms with Gasteiger partial charge in [0.25, 0.3) is 0 Å². The van der Waals surface area contributed by atoms with E-state index >= 15 is 0 Å². The summed E-state index contributed by atoms with van der Waals surface area (Å²) in [7, 11) is 0. The molecule has 4 nitrogen and oxygen atoms in total. The van der Waals surface area contributed by atoms with Crippen LogP contribution in [0.2, 0.25) is 0 Å². The van der Waals surface area contributed by atoms with Crippen molar-refractivity contribution in [1.29, 1.82) is 0 Å². The summed E-state index contributed by atoms with van der Waals surface area (Å²) in [4.78, 5) is 12.9. The molecule has 0 aliphatic rings. The fourth-order valence-electron chi connectivity index (χ4n) is 1.58. The highest BCUT2D eigenvalue weighted by molar-refractivity contribution is 7.17. The summed E-state index contributed by atoms with van der Waals surface area (Å²) >= 11 is 3.31. The zero-order valence-corrected chi connectivity index (χ0v) is 10.8. The van der Waals surface area contributed by atoms with Crippen molar-refractivity contribution in [2.45, 2.75) is 13.5 Å². The Balaban J connectivity index is 1.83. The van der Waals surface area contributed by atoms with Gasteiger partial charge in [0.05, 0.1) is 27.5 Å². The lowest BCUT2D eigenvalue weighted by atomic mass is 10.4. The van der Waals surface area contributed by atoms with E-state index in [-0.39, 0.29) is 0 Å². The number of thiophene rings is 1. The first-order valence-electron chi connectivity index (χ1n) is 5.16. The van der Waals surface area contributed by atoms with Crippen LogP contribution < -0.4 is 5.32 Å². The molecule has 86 valence electrons. The van der Waals surface area contributed by atoms with Gasteiger partial charge in [0.15, 0.2) is 0 Å². The Morgan fingerprint density at radius 2 is 2.24 bits per heavy atom. The molecule has 0 bridgehead atoms. The zero-order chi connectivity index (χ0) is 11.7. The van der Waals surface area contributed by atoms with Gasteiger partial charge in [0.1, 0.15) is 12.1 Å². The van der Waals surface area contributed by atoms with Crippen LogP contribution in [0, 0.1) is 6.92 Å². The normalized spacial score (nSPS) is 10.9. The highest BCUT2D eigenvalue weighted by Crippen LogP contribution is 2.25. The van der Waals surface area contributed by atoms with E-state index in [9.17, 15) is 0 Å². The lowest BCUT2D eigenvalue weighted by molar-refractivity contribution is 1.04. The van der Waals surface area contributed by atoms with Crippen LogP contribution in [0.4, 0.5) is 5.82 Å². The lowest BCUT2D eigenvalue weighted by Crippen LogP contribution is -2.02. The molecule has 17 heavy (non-hydrogen) atoms. The van der Waals surface area contributed by atoms with Crippen molar-refractivity contribution in [1.82, 2.24) is 15.0 Å². The molecule has 1 N–H and O–H groups in total. The quantitative estimate of drug-likeness (QED) is 0.788. The molecule has 0 fully saturated rings. The molecular formula is C11H10N4S2. The van der Waals surface area contributed by atoms with E-state index in [1.165, 1.54) is 0 Å². The Hall–Kier alpha value is -1.53. The molecule has 0 aliphatic carbocycles. The van der Waals surface area contributed by atoms with E-state index in [4.69, 9.17) is 0 Å². The van der Waals surface area contributed by atoms with Gasteiger partial charge >= 0.3 is 0 Å². The molecule has 6 heteroatoms. The summed E-state index contributed by atoms with van der Waals surface area (Å²) < 4.78 is 1.10. The topological polar surface area (TPSA) is 50.7 Å². The molecule has 3 rings (SSSR count). The van der Waals surface area contributed by atoms with E-state index in [0.29, 0.717) is 6.54 Å². The SMILES string of the molecule is Cc1nc(CNc2ncnc3ccsc23)cs1. The van der Waals surface area contributed by atoms with Crippen LogP contribution in [0.5, 0.6) is 0 Å². The molecule has 0 aromatic carbocycles. The van der Waals surface area contributed by atoms with Gasteiger partial charge in [0.2, 0.25) is 0 Å². The minimum Gasteiger partial charge on any atom is -0.363 e. The van der Waals surface area contributed by atoms with Crippen LogP contribution in [-0.2, 0) is 6.54 Å². The number of nitrogens with one attached hydrogen (secondary N) is 1. The summed E-state index contributed by atoms with van der Waals surface area (Å²) in [6, 6.07) is 2.00. The Bertz CT molecular complexity index is 644. The summed E-state index contributed by atoms with van der Waals surface area (Å²) in [5.74, 6) is 0.885. The van der Waals surface area contributed by atoms with E-state index in [1.54, 1.807) is 29.0 Å². The van der Waals surface area contributed by atoms with Gasteiger partial charge in [0, 0.05) is 5.38 Å². The van der Waals surface area contributed by atoms with Crippen LogP contribution in [0.15, 0.2) is 23.2 Å². The van der Waals surface area contributed by atoms with E-state index in [2.05, 4.69) is 25.6 Å². The number of hydrogen-bond donors (Lipinski definition) is 1. The van der Waals surface area contributed by atoms with Gasteiger partial charge < -0.3 is 5.32 Å². The van der Waals surface area contributed by atoms with Gasteiger partial charge in [-0.3, -0.25) is 0 Å². The first kappa shape index (κ1) is 10.6. The fourth-order valence-corrected chi connectivity index (χ4v) is 3.00. The highest BCUT2D eigenvalue weighted by Gasteiger charge is 2.05. The molecule has 3 heterocycles. The van der Waals surface area contributed by atoms with Crippen LogP contribution in [-0.4, -0.2) is 15.0 Å². The van der Waals surface area contributed by atoms with Crippen LogP contribution in [0.25, 0.3) is 10.2 Å². The van der Waals surface area contributed by atoms with Crippen molar-refractivity contribution in [3.8, 4) is 0 Å². The van der Waals surface area contributed by atoms with Gasteiger partial charge in [-0.05, 0) is 18.4 Å². The first-order chi connectivity index (χ1) is 8.33. The van der Waals surface area contributed by atoms with Gasteiger partial charge in [-0.1, -0.05) is 0 Å². The molecule has 3 aromatic heterocycles. The predicted molar refractivity (Wildman–Crippen MR) is 71.6 cm³/mol. The maximum atomic E-state index is 4.41. The minimum atomic E-state index is 0.703. The minimum absolute atomic E-state index is 0.703. The number of aryl methyl sites for hydroxylation is 1. The molecule has 0 atom stereocenters. The second-order valence-corrected chi connectivity index (χ2v) is 5.55. The van der Waals surface area contributed by atoms with E-state index in [1.807, 2.05) is 18.4 Å². The third kappa shape index (κ3) is 2.13. The van der Waals surface area contributed by atoms with Crippen molar-refractivity contribution in [2.24, 2.45) is 0 Å². The van der Waals surface area contributed by atoms with Crippen molar-refractivity contribution >= 4 is 38.7 Å². The highest BCUT2D eigenvalue weighted by atomic mass is 32.1. The average molecular weight is 262 g/mol. The molecule has 0 saturated carbocycles. The Labute approximate surface area is 106 Å². The van der Waals surface area contributed by atoms with Gasteiger partial charge in [-0.2, -0.15) is 0 Å². The van der Waals surface area contributed by atoms with E-state index in [0.717, 1.165) is 26.7 Å². The van der Waals surface area contributed by atoms with Crippen LogP contribution in [0.1, 0.15) is 10.7 Å². The summed E-state index contributed by atoms with van der Waals surface area (Å²) in [6.45, 7) is 2.71. The zero-order valence-electron chi connectivity index (χ0n) is 9.17. The summed E-state index contributed by atoms with van der Waals surface area (Å²) in [5.41, 5.74) is 2.04. The second-order valence-electron chi connectivity index (χ2n) is 3.57. The fraction of sp³-hybridized carbons (Fsp3) is 0.182. The Kier molecular flexibility index (Phi) is 2.74. The largest absolute Gasteiger partial charge is 0.363 e. The molecule has 0 saturated heterocycles. The van der Waals surface area contributed by atoms with Gasteiger partial charge in [-0.25, -0.2) is 15.0 Å². The van der Waals surface area contributed by atoms with Gasteiger partial charge in [-0.15, -0.1) is 22.7 Å². The average Bonchev–Trinajstić information content (AvgIpc) is 2.94. The number of nitrogens with zero attached hydrogens (tertiary/aromatic N) is 3. The molecule has 3 aromatic rings. The first-order valence-corrected chi connectivity index (χ1v) is 6.92. The Morgan fingerprint density at radius 3 is 3.06 bits per heavy atom. The number of rotatable bonds is 3. The molecule has 0 spiro atoms. The molecular weight excluding hydrogens is 252 g/mol. The molecule has 0 aliphatic heterocycles. The summed E-state index contributed by atoms with van der Waals surface area (Å²) in [6.07, 6.45) is 1.59.